The fourth-order valence-electron chi connectivity index (χ4n) is 2.37. The molecule has 4 N–H and O–H groups in total. The number of nitrogens with zero attached hydrogens (tertiary/aromatic N) is 1. The molecule has 0 fully saturated rings. The molecule has 1 aromatic rings. The number of carbonyl (C=O) groups is 2. The molecule has 1 aliphatic carbocycles. The Morgan fingerprint density at radius 1 is 1.52 bits per heavy atom. The molecule has 1 atom stereocenters. The summed E-state index contributed by atoms with van der Waals surface area (Å²) < 4.78 is 4.80. The highest BCUT2D eigenvalue weighted by molar-refractivity contribution is 7.17. The van der Waals surface area contributed by atoms with E-state index in [1.807, 2.05) is 0 Å². The molecular formula is C13H17N3O4S. The third-order valence-electron chi connectivity index (χ3n) is 3.47. The first-order valence-corrected chi connectivity index (χ1v) is 7.31. The second-order valence-corrected chi connectivity index (χ2v) is 6.09. The summed E-state index contributed by atoms with van der Waals surface area (Å²) in [5, 5.41) is 14.1. The van der Waals surface area contributed by atoms with Crippen LogP contribution in [0.3, 0.4) is 0 Å². The zero-order valence-electron chi connectivity index (χ0n) is 11.8. The molecule has 0 spiro atoms. The number of thiophene rings is 1. The molecule has 1 aromatic heterocycles. The molecule has 0 saturated carbocycles. The average Bonchev–Trinajstić information content (AvgIpc) is 2.82. The number of rotatable bonds is 2. The molecule has 8 heteroatoms. The number of amides is 1. The van der Waals surface area contributed by atoms with Crippen molar-refractivity contribution in [3.8, 4) is 0 Å². The predicted octanol–water partition coefficient (Wildman–Crippen LogP) is 1.34. The van der Waals surface area contributed by atoms with Crippen LogP contribution in [0.2, 0.25) is 0 Å². The third-order valence-corrected chi connectivity index (χ3v) is 4.64. The van der Waals surface area contributed by atoms with Gasteiger partial charge in [-0.1, -0.05) is 12.1 Å². The van der Waals surface area contributed by atoms with E-state index < -0.39 is 17.7 Å². The van der Waals surface area contributed by atoms with Crippen LogP contribution in [0.4, 0.5) is 5.00 Å². The number of hydrogen-bond acceptors (Lipinski definition) is 6. The van der Waals surface area contributed by atoms with Gasteiger partial charge < -0.3 is 21.0 Å². The first-order valence-electron chi connectivity index (χ1n) is 6.49. The number of ether oxygens (including phenoxy) is 1. The van der Waals surface area contributed by atoms with Crippen LogP contribution in [0.5, 0.6) is 0 Å². The minimum atomic E-state index is -0.755. The largest absolute Gasteiger partial charge is 0.465 e. The fourth-order valence-corrected chi connectivity index (χ4v) is 3.76. The van der Waals surface area contributed by atoms with Crippen molar-refractivity contribution in [1.82, 2.24) is 0 Å². The SMILES string of the molecule is COC(=O)c1c(NC(=O)/C(N)=N\O)sc2c1CCC(C)C2. The Labute approximate surface area is 125 Å². The zero-order valence-corrected chi connectivity index (χ0v) is 12.6. The number of fused-ring (bicyclic) bond motifs is 1. The van der Waals surface area contributed by atoms with Crippen LogP contribution in [0.1, 0.15) is 34.1 Å². The summed E-state index contributed by atoms with van der Waals surface area (Å²) in [6.07, 6.45) is 2.63. The Morgan fingerprint density at radius 3 is 2.86 bits per heavy atom. The van der Waals surface area contributed by atoms with E-state index in [9.17, 15) is 9.59 Å². The maximum Gasteiger partial charge on any atom is 0.341 e. The van der Waals surface area contributed by atoms with Gasteiger partial charge in [0.15, 0.2) is 0 Å². The van der Waals surface area contributed by atoms with Gasteiger partial charge >= 0.3 is 5.97 Å². The number of oxime groups is 1. The molecule has 114 valence electrons. The first-order chi connectivity index (χ1) is 9.97. The summed E-state index contributed by atoms with van der Waals surface area (Å²) in [6, 6.07) is 0. The lowest BCUT2D eigenvalue weighted by Gasteiger charge is -2.18. The molecule has 1 amide bonds. The molecule has 0 radical (unpaired) electrons. The summed E-state index contributed by atoms with van der Waals surface area (Å²) in [5.41, 5.74) is 6.55. The van der Waals surface area contributed by atoms with E-state index in [0.717, 1.165) is 29.7 Å². The number of amidine groups is 1. The summed E-state index contributed by atoms with van der Waals surface area (Å²) in [4.78, 5) is 24.8. The van der Waals surface area contributed by atoms with Gasteiger partial charge in [-0.15, -0.1) is 11.3 Å². The normalized spacial score (nSPS) is 18.0. The average molecular weight is 311 g/mol. The van der Waals surface area contributed by atoms with Crippen molar-refractivity contribution < 1.29 is 19.5 Å². The standard InChI is InChI=1S/C13H17N3O4S/c1-6-3-4-7-8(5-6)21-12(9(7)13(18)20-2)15-11(17)10(14)16-19/h6,19H,3-5H2,1-2H3,(H2,14,16)(H,15,17). The van der Waals surface area contributed by atoms with Gasteiger partial charge in [0.1, 0.15) is 5.00 Å². The fraction of sp³-hybridized carbons (Fsp3) is 0.462. The van der Waals surface area contributed by atoms with Crippen molar-refractivity contribution >= 4 is 34.0 Å². The third kappa shape index (κ3) is 2.99. The minimum absolute atomic E-state index is 0.378. The monoisotopic (exact) mass is 311 g/mol. The number of carbonyl (C=O) groups excluding carboxylic acids is 2. The molecule has 1 aliphatic rings. The second kappa shape index (κ2) is 6.13. The maximum absolute atomic E-state index is 12.0. The van der Waals surface area contributed by atoms with Crippen molar-refractivity contribution in [3.05, 3.63) is 16.0 Å². The number of hydrogen-bond donors (Lipinski definition) is 3. The van der Waals surface area contributed by atoms with Crippen LogP contribution >= 0.6 is 11.3 Å². The Kier molecular flexibility index (Phi) is 4.46. The Morgan fingerprint density at radius 2 is 2.24 bits per heavy atom. The van der Waals surface area contributed by atoms with Crippen molar-refractivity contribution in [2.24, 2.45) is 16.8 Å². The summed E-state index contributed by atoms with van der Waals surface area (Å²) >= 11 is 1.34. The van der Waals surface area contributed by atoms with E-state index in [0.29, 0.717) is 16.5 Å². The molecule has 1 heterocycles. The lowest BCUT2D eigenvalue weighted by molar-refractivity contribution is -0.110. The van der Waals surface area contributed by atoms with Crippen LogP contribution in [-0.2, 0) is 22.4 Å². The zero-order chi connectivity index (χ0) is 15.6. The van der Waals surface area contributed by atoms with Crippen LogP contribution in [0.25, 0.3) is 0 Å². The van der Waals surface area contributed by atoms with Gasteiger partial charge in [0, 0.05) is 4.88 Å². The molecule has 0 bridgehead atoms. The highest BCUT2D eigenvalue weighted by atomic mass is 32.1. The van der Waals surface area contributed by atoms with E-state index >= 15 is 0 Å². The number of nitrogens with one attached hydrogen (secondary N) is 1. The summed E-state index contributed by atoms with van der Waals surface area (Å²) in [6.45, 7) is 2.15. The van der Waals surface area contributed by atoms with E-state index in [2.05, 4.69) is 17.4 Å². The lowest BCUT2D eigenvalue weighted by atomic mass is 9.88. The smallest absolute Gasteiger partial charge is 0.341 e. The molecule has 0 aromatic carbocycles. The van der Waals surface area contributed by atoms with Crippen LogP contribution in [0.15, 0.2) is 5.16 Å². The van der Waals surface area contributed by atoms with E-state index in [1.165, 1.54) is 18.4 Å². The first kappa shape index (κ1) is 15.3. The highest BCUT2D eigenvalue weighted by Gasteiger charge is 2.29. The number of methoxy groups -OCH3 is 1. The molecule has 21 heavy (non-hydrogen) atoms. The van der Waals surface area contributed by atoms with Gasteiger partial charge in [-0.3, -0.25) is 4.79 Å². The maximum atomic E-state index is 12.0. The van der Waals surface area contributed by atoms with E-state index in [4.69, 9.17) is 15.7 Å². The molecule has 2 rings (SSSR count). The Hall–Kier alpha value is -2.09. The summed E-state index contributed by atoms with van der Waals surface area (Å²) in [5.74, 6) is -1.27. The Bertz CT molecular complexity index is 609. The molecule has 7 nitrogen and oxygen atoms in total. The van der Waals surface area contributed by atoms with Crippen molar-refractivity contribution in [1.29, 1.82) is 0 Å². The predicted molar refractivity (Wildman–Crippen MR) is 78.9 cm³/mol. The van der Waals surface area contributed by atoms with Gasteiger partial charge in [0.25, 0.3) is 5.91 Å². The van der Waals surface area contributed by atoms with Gasteiger partial charge in [-0.05, 0) is 30.7 Å². The molecular weight excluding hydrogens is 294 g/mol. The van der Waals surface area contributed by atoms with Crippen LogP contribution in [-0.4, -0.2) is 30.0 Å². The lowest BCUT2D eigenvalue weighted by Crippen LogP contribution is -2.30. The topological polar surface area (TPSA) is 114 Å². The molecule has 0 saturated heterocycles. The minimum Gasteiger partial charge on any atom is -0.465 e. The van der Waals surface area contributed by atoms with Crippen LogP contribution in [0, 0.1) is 5.92 Å². The van der Waals surface area contributed by atoms with Gasteiger partial charge in [-0.25, -0.2) is 4.79 Å². The van der Waals surface area contributed by atoms with Crippen molar-refractivity contribution in [2.75, 3.05) is 12.4 Å². The Balaban J connectivity index is 2.40. The van der Waals surface area contributed by atoms with Gasteiger partial charge in [0.2, 0.25) is 5.84 Å². The molecule has 0 aliphatic heterocycles. The molecule has 1 unspecified atom stereocenters. The number of nitrogens with two attached hydrogens (primary N) is 1. The number of esters is 1. The summed E-state index contributed by atoms with van der Waals surface area (Å²) in [7, 11) is 1.30. The second-order valence-electron chi connectivity index (χ2n) is 4.99. The van der Waals surface area contributed by atoms with Crippen molar-refractivity contribution in [2.45, 2.75) is 26.2 Å². The van der Waals surface area contributed by atoms with Gasteiger partial charge in [0.05, 0.1) is 12.7 Å². The van der Waals surface area contributed by atoms with Gasteiger partial charge in [-0.2, -0.15) is 0 Å². The highest BCUT2D eigenvalue weighted by Crippen LogP contribution is 2.39. The number of anilines is 1. The van der Waals surface area contributed by atoms with Crippen molar-refractivity contribution in [3.63, 3.8) is 0 Å². The quantitative estimate of drug-likeness (QED) is 0.251. The van der Waals surface area contributed by atoms with E-state index in [1.54, 1.807) is 0 Å². The van der Waals surface area contributed by atoms with E-state index in [-0.39, 0.29) is 0 Å². The van der Waals surface area contributed by atoms with Crippen LogP contribution < -0.4 is 11.1 Å².